The molecule has 0 saturated carbocycles. The van der Waals surface area contributed by atoms with E-state index in [-0.39, 0.29) is 5.41 Å². The Morgan fingerprint density at radius 3 is 2.33 bits per heavy atom. The second kappa shape index (κ2) is 5.38. The molecule has 0 aliphatic heterocycles. The summed E-state index contributed by atoms with van der Waals surface area (Å²) in [5, 5.41) is 3.15. The largest absolute Gasteiger partial charge is 0.497 e. The normalized spacial score (nSPS) is 11.5. The van der Waals surface area contributed by atoms with E-state index in [4.69, 9.17) is 16.3 Å². The van der Waals surface area contributed by atoms with Crippen molar-refractivity contribution in [1.82, 2.24) is 5.32 Å². The van der Waals surface area contributed by atoms with Crippen molar-refractivity contribution < 1.29 is 4.74 Å². The van der Waals surface area contributed by atoms with Gasteiger partial charge in [0.2, 0.25) is 0 Å². The summed E-state index contributed by atoms with van der Waals surface area (Å²) in [6.07, 6.45) is 0. The molecule has 84 valence electrons. The Labute approximate surface area is 96.6 Å². The van der Waals surface area contributed by atoms with Crippen LogP contribution < -0.4 is 10.1 Å². The molecule has 1 N–H and O–H groups in total. The summed E-state index contributed by atoms with van der Waals surface area (Å²) < 4.78 is 5.13. The highest BCUT2D eigenvalue weighted by Crippen LogP contribution is 2.24. The van der Waals surface area contributed by atoms with Crippen LogP contribution in [0.25, 0.3) is 0 Å². The van der Waals surface area contributed by atoms with E-state index in [1.807, 2.05) is 12.1 Å². The molecular formula is C12H18ClNO. The molecule has 0 radical (unpaired) electrons. The molecule has 0 heterocycles. The second-order valence-corrected chi connectivity index (χ2v) is 4.44. The highest BCUT2D eigenvalue weighted by Gasteiger charge is 2.19. The first-order chi connectivity index (χ1) is 7.10. The zero-order valence-electron chi connectivity index (χ0n) is 9.51. The standard InChI is InChI=1S/C12H18ClNO/c1-12(2,8-14-9-13)10-4-6-11(15-3)7-5-10/h4-7,14H,8-9H2,1-3H3. The van der Waals surface area contributed by atoms with Crippen LogP contribution in [0.4, 0.5) is 0 Å². The van der Waals surface area contributed by atoms with E-state index in [2.05, 4.69) is 31.3 Å². The Hall–Kier alpha value is -0.730. The van der Waals surface area contributed by atoms with E-state index in [9.17, 15) is 0 Å². The number of nitrogens with one attached hydrogen (secondary N) is 1. The molecule has 1 aromatic carbocycles. The van der Waals surface area contributed by atoms with Crippen molar-refractivity contribution in [3.63, 3.8) is 0 Å². The van der Waals surface area contributed by atoms with Crippen molar-refractivity contribution in [3.05, 3.63) is 29.8 Å². The lowest BCUT2D eigenvalue weighted by Gasteiger charge is -2.25. The average molecular weight is 228 g/mol. The topological polar surface area (TPSA) is 21.3 Å². The summed E-state index contributed by atoms with van der Waals surface area (Å²) >= 11 is 5.61. The van der Waals surface area contributed by atoms with Crippen molar-refractivity contribution >= 4 is 11.6 Å². The van der Waals surface area contributed by atoms with Crippen molar-refractivity contribution in [2.45, 2.75) is 19.3 Å². The molecule has 0 fully saturated rings. The minimum atomic E-state index is 0.0845. The molecule has 0 aliphatic rings. The average Bonchev–Trinajstić information content (AvgIpc) is 2.26. The van der Waals surface area contributed by atoms with Gasteiger partial charge in [0.1, 0.15) is 5.75 Å². The maximum absolute atomic E-state index is 5.61. The van der Waals surface area contributed by atoms with Crippen molar-refractivity contribution in [3.8, 4) is 5.75 Å². The van der Waals surface area contributed by atoms with Gasteiger partial charge in [-0.25, -0.2) is 0 Å². The van der Waals surface area contributed by atoms with E-state index in [1.54, 1.807) is 7.11 Å². The first-order valence-electron chi connectivity index (χ1n) is 5.01. The summed E-state index contributed by atoms with van der Waals surface area (Å²) in [4.78, 5) is 0. The molecule has 0 aliphatic carbocycles. The molecule has 0 aromatic heterocycles. The Balaban J connectivity index is 2.75. The van der Waals surface area contributed by atoms with Gasteiger partial charge in [0.15, 0.2) is 0 Å². The van der Waals surface area contributed by atoms with Crippen molar-refractivity contribution in [2.24, 2.45) is 0 Å². The number of ether oxygens (including phenoxy) is 1. The lowest BCUT2D eigenvalue weighted by molar-refractivity contribution is 0.413. The van der Waals surface area contributed by atoms with Crippen LogP contribution in [0.2, 0.25) is 0 Å². The number of benzene rings is 1. The third-order valence-corrected chi connectivity index (χ3v) is 2.72. The lowest BCUT2D eigenvalue weighted by Crippen LogP contribution is -2.32. The molecule has 0 unspecified atom stereocenters. The fourth-order valence-corrected chi connectivity index (χ4v) is 1.60. The van der Waals surface area contributed by atoms with Gasteiger partial charge < -0.3 is 10.1 Å². The summed E-state index contributed by atoms with van der Waals surface area (Å²) in [7, 11) is 1.68. The van der Waals surface area contributed by atoms with Gasteiger partial charge >= 0.3 is 0 Å². The number of halogens is 1. The maximum Gasteiger partial charge on any atom is 0.118 e. The van der Waals surface area contributed by atoms with Crippen LogP contribution in [0.5, 0.6) is 5.75 Å². The molecule has 1 rings (SSSR count). The Morgan fingerprint density at radius 1 is 1.27 bits per heavy atom. The van der Waals surface area contributed by atoms with E-state index in [0.717, 1.165) is 12.3 Å². The number of rotatable bonds is 5. The van der Waals surface area contributed by atoms with Crippen LogP contribution in [-0.2, 0) is 5.41 Å². The Kier molecular flexibility index (Phi) is 4.43. The first-order valence-corrected chi connectivity index (χ1v) is 5.55. The van der Waals surface area contributed by atoms with Crippen molar-refractivity contribution in [2.75, 3.05) is 19.7 Å². The third kappa shape index (κ3) is 3.40. The van der Waals surface area contributed by atoms with Gasteiger partial charge in [-0.2, -0.15) is 0 Å². The van der Waals surface area contributed by atoms with Gasteiger partial charge in [-0.05, 0) is 17.7 Å². The third-order valence-electron chi connectivity index (χ3n) is 2.53. The monoisotopic (exact) mass is 227 g/mol. The molecular weight excluding hydrogens is 210 g/mol. The van der Waals surface area contributed by atoms with Gasteiger partial charge in [-0.3, -0.25) is 0 Å². The highest BCUT2D eigenvalue weighted by molar-refractivity contribution is 6.17. The fraction of sp³-hybridized carbons (Fsp3) is 0.500. The minimum Gasteiger partial charge on any atom is -0.497 e. The van der Waals surface area contributed by atoms with Crippen LogP contribution >= 0.6 is 11.6 Å². The quantitative estimate of drug-likeness (QED) is 0.617. The van der Waals surface area contributed by atoms with Crippen LogP contribution in [0, 0.1) is 0 Å². The second-order valence-electron chi connectivity index (χ2n) is 4.17. The Bertz CT molecular complexity index is 295. The molecule has 0 saturated heterocycles. The van der Waals surface area contributed by atoms with Gasteiger partial charge in [-0.15, -0.1) is 11.6 Å². The van der Waals surface area contributed by atoms with Gasteiger partial charge in [0.05, 0.1) is 13.1 Å². The van der Waals surface area contributed by atoms with Crippen LogP contribution in [0.3, 0.4) is 0 Å². The SMILES string of the molecule is COc1ccc(C(C)(C)CNCCl)cc1. The molecule has 0 spiro atoms. The summed E-state index contributed by atoms with van der Waals surface area (Å²) in [6.45, 7) is 5.24. The molecule has 3 heteroatoms. The van der Waals surface area contributed by atoms with E-state index in [1.165, 1.54) is 5.56 Å². The minimum absolute atomic E-state index is 0.0845. The fourth-order valence-electron chi connectivity index (χ4n) is 1.50. The number of alkyl halides is 1. The highest BCUT2D eigenvalue weighted by atomic mass is 35.5. The predicted octanol–water partition coefficient (Wildman–Crippen LogP) is 2.76. The smallest absolute Gasteiger partial charge is 0.118 e. The van der Waals surface area contributed by atoms with E-state index in [0.29, 0.717) is 6.00 Å². The van der Waals surface area contributed by atoms with Crippen LogP contribution in [0.15, 0.2) is 24.3 Å². The molecule has 15 heavy (non-hydrogen) atoms. The summed E-state index contributed by atoms with van der Waals surface area (Å²) in [6, 6.07) is 8.64. The van der Waals surface area contributed by atoms with Crippen LogP contribution in [-0.4, -0.2) is 19.7 Å². The van der Waals surface area contributed by atoms with Gasteiger partial charge in [-0.1, -0.05) is 26.0 Å². The summed E-state index contributed by atoms with van der Waals surface area (Å²) in [5.74, 6) is 0.889. The predicted molar refractivity (Wildman–Crippen MR) is 64.7 cm³/mol. The molecule has 0 amide bonds. The van der Waals surface area contributed by atoms with Gasteiger partial charge in [0.25, 0.3) is 0 Å². The number of hydrogen-bond acceptors (Lipinski definition) is 2. The van der Waals surface area contributed by atoms with E-state index >= 15 is 0 Å². The van der Waals surface area contributed by atoms with E-state index < -0.39 is 0 Å². The number of hydrogen-bond donors (Lipinski definition) is 1. The van der Waals surface area contributed by atoms with Crippen molar-refractivity contribution in [1.29, 1.82) is 0 Å². The maximum atomic E-state index is 5.61. The molecule has 2 nitrogen and oxygen atoms in total. The molecule has 0 atom stereocenters. The molecule has 1 aromatic rings. The Morgan fingerprint density at radius 2 is 1.87 bits per heavy atom. The number of methoxy groups -OCH3 is 1. The zero-order chi connectivity index (χ0) is 11.3. The van der Waals surface area contributed by atoms with Gasteiger partial charge in [0, 0.05) is 12.0 Å². The van der Waals surface area contributed by atoms with Crippen LogP contribution in [0.1, 0.15) is 19.4 Å². The lowest BCUT2D eigenvalue weighted by atomic mass is 9.84. The molecule has 0 bridgehead atoms. The summed E-state index contributed by atoms with van der Waals surface area (Å²) in [5.41, 5.74) is 1.36. The zero-order valence-corrected chi connectivity index (χ0v) is 10.3. The first kappa shape index (κ1) is 12.3.